The van der Waals surface area contributed by atoms with Crippen molar-refractivity contribution in [2.24, 2.45) is 5.73 Å². The number of hydrogen-bond donors (Lipinski definition) is 3. The predicted octanol–water partition coefficient (Wildman–Crippen LogP) is 1.41. The SMILES string of the molecule is COc1ccccc1C(N)CNC(=O)c1ccc2c(c1)C(=O)NCC2. The van der Waals surface area contributed by atoms with Crippen LogP contribution in [0.4, 0.5) is 0 Å². The minimum atomic E-state index is -0.388. The summed E-state index contributed by atoms with van der Waals surface area (Å²) in [5.41, 5.74) is 8.97. The first-order chi connectivity index (χ1) is 12.1. The van der Waals surface area contributed by atoms with Gasteiger partial charge in [-0.25, -0.2) is 0 Å². The summed E-state index contributed by atoms with van der Waals surface area (Å²) in [6, 6.07) is 12.3. The van der Waals surface area contributed by atoms with Gasteiger partial charge in [0.1, 0.15) is 5.75 Å². The smallest absolute Gasteiger partial charge is 0.251 e. The number of rotatable bonds is 5. The lowest BCUT2D eigenvalue weighted by Crippen LogP contribution is -2.34. The van der Waals surface area contributed by atoms with Crippen molar-refractivity contribution in [1.82, 2.24) is 10.6 Å². The molecule has 6 nitrogen and oxygen atoms in total. The highest BCUT2D eigenvalue weighted by molar-refractivity contribution is 6.01. The number of benzene rings is 2. The van der Waals surface area contributed by atoms with Gasteiger partial charge in [-0.15, -0.1) is 0 Å². The average Bonchev–Trinajstić information content (AvgIpc) is 2.65. The number of hydrogen-bond acceptors (Lipinski definition) is 4. The third-order valence-electron chi connectivity index (χ3n) is 4.32. The molecule has 0 radical (unpaired) electrons. The van der Waals surface area contributed by atoms with Crippen LogP contribution in [0.15, 0.2) is 42.5 Å². The lowest BCUT2D eigenvalue weighted by Gasteiger charge is -2.18. The molecule has 2 amide bonds. The Morgan fingerprint density at radius 1 is 1.32 bits per heavy atom. The number of ether oxygens (including phenoxy) is 1. The number of para-hydroxylation sites is 1. The molecule has 1 aliphatic rings. The van der Waals surface area contributed by atoms with Crippen molar-refractivity contribution in [3.05, 3.63) is 64.7 Å². The van der Waals surface area contributed by atoms with E-state index in [1.54, 1.807) is 19.2 Å². The van der Waals surface area contributed by atoms with Crippen molar-refractivity contribution in [2.45, 2.75) is 12.5 Å². The molecule has 6 heteroatoms. The number of nitrogens with two attached hydrogens (primary N) is 1. The molecule has 3 rings (SSSR count). The fourth-order valence-corrected chi connectivity index (χ4v) is 2.94. The van der Waals surface area contributed by atoms with E-state index in [1.165, 1.54) is 0 Å². The predicted molar refractivity (Wildman–Crippen MR) is 94.7 cm³/mol. The lowest BCUT2D eigenvalue weighted by atomic mass is 9.97. The zero-order valence-electron chi connectivity index (χ0n) is 14.0. The topological polar surface area (TPSA) is 93.4 Å². The van der Waals surface area contributed by atoms with Crippen LogP contribution >= 0.6 is 0 Å². The van der Waals surface area contributed by atoms with Crippen LogP contribution in [0.2, 0.25) is 0 Å². The highest BCUT2D eigenvalue weighted by atomic mass is 16.5. The van der Waals surface area contributed by atoms with E-state index in [9.17, 15) is 9.59 Å². The molecule has 2 aromatic carbocycles. The Morgan fingerprint density at radius 3 is 2.92 bits per heavy atom. The Morgan fingerprint density at radius 2 is 2.12 bits per heavy atom. The van der Waals surface area contributed by atoms with Gasteiger partial charge < -0.3 is 21.1 Å². The van der Waals surface area contributed by atoms with Crippen LogP contribution in [0.1, 0.15) is 37.9 Å². The maximum Gasteiger partial charge on any atom is 0.251 e. The summed E-state index contributed by atoms with van der Waals surface area (Å²) in [6.07, 6.45) is 0.779. The first kappa shape index (κ1) is 17.0. The van der Waals surface area contributed by atoms with E-state index in [-0.39, 0.29) is 24.4 Å². The van der Waals surface area contributed by atoms with Crippen molar-refractivity contribution in [2.75, 3.05) is 20.2 Å². The highest BCUT2D eigenvalue weighted by Gasteiger charge is 2.19. The second kappa shape index (κ2) is 7.36. The Balaban J connectivity index is 1.68. The zero-order valence-corrected chi connectivity index (χ0v) is 14.0. The molecule has 0 saturated heterocycles. The Labute approximate surface area is 146 Å². The molecule has 1 atom stereocenters. The zero-order chi connectivity index (χ0) is 17.8. The van der Waals surface area contributed by atoms with Gasteiger partial charge in [0.15, 0.2) is 0 Å². The maximum atomic E-state index is 12.4. The largest absolute Gasteiger partial charge is 0.496 e. The quantitative estimate of drug-likeness (QED) is 0.768. The summed E-state index contributed by atoms with van der Waals surface area (Å²) in [5.74, 6) is 0.294. The molecule has 1 heterocycles. The normalized spacial score (nSPS) is 14.2. The summed E-state index contributed by atoms with van der Waals surface area (Å²) >= 11 is 0. The lowest BCUT2D eigenvalue weighted by molar-refractivity contribution is 0.0946. The minimum Gasteiger partial charge on any atom is -0.496 e. The van der Waals surface area contributed by atoms with Crippen LogP contribution in [-0.2, 0) is 6.42 Å². The number of methoxy groups -OCH3 is 1. The Kier molecular flexibility index (Phi) is 5.00. The number of fused-ring (bicyclic) bond motifs is 1. The van der Waals surface area contributed by atoms with Crippen molar-refractivity contribution >= 4 is 11.8 Å². The van der Waals surface area contributed by atoms with Crippen molar-refractivity contribution < 1.29 is 14.3 Å². The van der Waals surface area contributed by atoms with E-state index in [2.05, 4.69) is 10.6 Å². The molecule has 1 unspecified atom stereocenters. The number of carbonyl (C=O) groups excluding carboxylic acids is 2. The molecule has 25 heavy (non-hydrogen) atoms. The van der Waals surface area contributed by atoms with Gasteiger partial charge in [-0.05, 0) is 30.2 Å². The molecule has 0 fully saturated rings. The van der Waals surface area contributed by atoms with Crippen molar-refractivity contribution in [1.29, 1.82) is 0 Å². The van der Waals surface area contributed by atoms with E-state index >= 15 is 0 Å². The number of nitrogens with one attached hydrogen (secondary N) is 2. The van der Waals surface area contributed by atoms with Crippen LogP contribution in [0.25, 0.3) is 0 Å². The minimum absolute atomic E-state index is 0.137. The molecule has 4 N–H and O–H groups in total. The monoisotopic (exact) mass is 339 g/mol. The second-order valence-electron chi connectivity index (χ2n) is 5.94. The Bertz CT molecular complexity index is 804. The van der Waals surface area contributed by atoms with Gasteiger partial charge in [-0.3, -0.25) is 9.59 Å². The van der Waals surface area contributed by atoms with Crippen LogP contribution in [0.3, 0.4) is 0 Å². The van der Waals surface area contributed by atoms with Crippen molar-refractivity contribution in [3.63, 3.8) is 0 Å². The highest BCUT2D eigenvalue weighted by Crippen LogP contribution is 2.23. The maximum absolute atomic E-state index is 12.4. The van der Waals surface area contributed by atoms with Gasteiger partial charge in [0, 0.05) is 29.8 Å². The van der Waals surface area contributed by atoms with Gasteiger partial charge in [0.2, 0.25) is 0 Å². The number of carbonyl (C=O) groups is 2. The molecule has 0 aliphatic carbocycles. The third-order valence-corrected chi connectivity index (χ3v) is 4.32. The molecule has 0 saturated carbocycles. The van der Waals surface area contributed by atoms with Crippen molar-refractivity contribution in [3.8, 4) is 5.75 Å². The van der Waals surface area contributed by atoms with E-state index in [4.69, 9.17) is 10.5 Å². The molecule has 0 aromatic heterocycles. The fraction of sp³-hybridized carbons (Fsp3) is 0.263. The van der Waals surface area contributed by atoms with Crippen LogP contribution in [0, 0.1) is 0 Å². The standard InChI is InChI=1S/C19H21N3O3/c1-25-17-5-3-2-4-14(17)16(20)11-22-18(23)13-7-6-12-8-9-21-19(24)15(12)10-13/h2-7,10,16H,8-9,11,20H2,1H3,(H,21,24)(H,22,23). The van der Waals surface area contributed by atoms with Gasteiger partial charge in [0.05, 0.1) is 13.2 Å². The fourth-order valence-electron chi connectivity index (χ4n) is 2.94. The van der Waals surface area contributed by atoms with E-state index < -0.39 is 0 Å². The summed E-state index contributed by atoms with van der Waals surface area (Å²) in [7, 11) is 1.59. The second-order valence-corrected chi connectivity index (χ2v) is 5.94. The first-order valence-corrected chi connectivity index (χ1v) is 8.18. The molecule has 0 bridgehead atoms. The van der Waals surface area contributed by atoms with Gasteiger partial charge >= 0.3 is 0 Å². The van der Waals surface area contributed by atoms with Crippen LogP contribution < -0.4 is 21.1 Å². The van der Waals surface area contributed by atoms with E-state index in [0.717, 1.165) is 17.5 Å². The van der Waals surface area contributed by atoms with E-state index in [0.29, 0.717) is 23.4 Å². The molecule has 0 spiro atoms. The van der Waals surface area contributed by atoms with Gasteiger partial charge in [-0.2, -0.15) is 0 Å². The first-order valence-electron chi connectivity index (χ1n) is 8.18. The molecule has 2 aromatic rings. The average molecular weight is 339 g/mol. The molecule has 1 aliphatic heterocycles. The summed E-state index contributed by atoms with van der Waals surface area (Å²) in [5, 5.41) is 5.60. The van der Waals surface area contributed by atoms with Gasteiger partial charge in [0.25, 0.3) is 11.8 Å². The third kappa shape index (κ3) is 3.64. The summed E-state index contributed by atoms with van der Waals surface area (Å²) in [6.45, 7) is 0.896. The van der Waals surface area contributed by atoms with E-state index in [1.807, 2.05) is 30.3 Å². The molecular formula is C19H21N3O3. The van der Waals surface area contributed by atoms with Gasteiger partial charge in [-0.1, -0.05) is 24.3 Å². The van der Waals surface area contributed by atoms with Crippen LogP contribution in [0.5, 0.6) is 5.75 Å². The molecule has 130 valence electrons. The summed E-state index contributed by atoms with van der Waals surface area (Å²) in [4.78, 5) is 24.3. The Hall–Kier alpha value is -2.86. The number of amides is 2. The molecular weight excluding hydrogens is 318 g/mol. The van der Waals surface area contributed by atoms with Crippen LogP contribution in [-0.4, -0.2) is 32.0 Å². The summed E-state index contributed by atoms with van der Waals surface area (Å²) < 4.78 is 5.29.